The number of hydrogen-bond acceptors (Lipinski definition) is 8. The second-order valence-electron chi connectivity index (χ2n) is 11.7. The first-order chi connectivity index (χ1) is 16.9. The zero-order valence-electron chi connectivity index (χ0n) is 22.7. The van der Waals surface area contributed by atoms with Crippen LogP contribution < -0.4 is 4.90 Å². The minimum atomic E-state index is -0.382. The first kappa shape index (κ1) is 25.9. The molecule has 194 valence electrons. The summed E-state index contributed by atoms with van der Waals surface area (Å²) in [5, 5.41) is 0. The molecule has 1 saturated heterocycles. The van der Waals surface area contributed by atoms with E-state index >= 15 is 0 Å². The Balaban J connectivity index is 1.74. The summed E-state index contributed by atoms with van der Waals surface area (Å²) < 4.78 is 7.61. The van der Waals surface area contributed by atoms with Crippen LogP contribution in [-0.2, 0) is 11.3 Å². The van der Waals surface area contributed by atoms with Gasteiger partial charge in [0.25, 0.3) is 5.91 Å². The van der Waals surface area contributed by atoms with Crippen LogP contribution in [0.25, 0.3) is 22.6 Å². The number of morpholine rings is 1. The maximum absolute atomic E-state index is 13.4. The zero-order valence-corrected chi connectivity index (χ0v) is 22.7. The van der Waals surface area contributed by atoms with Crippen molar-refractivity contribution in [2.24, 2.45) is 5.92 Å². The molecule has 10 heteroatoms. The highest BCUT2D eigenvalue weighted by Gasteiger charge is 2.37. The Hall–Kier alpha value is -3.14. The van der Waals surface area contributed by atoms with Gasteiger partial charge in [0.2, 0.25) is 5.82 Å². The van der Waals surface area contributed by atoms with E-state index in [0.717, 1.165) is 36.6 Å². The molecule has 1 fully saturated rings. The first-order valence-electron chi connectivity index (χ1n) is 12.6. The van der Waals surface area contributed by atoms with Crippen LogP contribution >= 0.6 is 0 Å². The minimum Gasteiger partial charge on any atom is -0.378 e. The van der Waals surface area contributed by atoms with Gasteiger partial charge in [-0.1, -0.05) is 13.8 Å². The number of carbonyl (C=O) groups is 1. The van der Waals surface area contributed by atoms with Crippen molar-refractivity contribution in [2.75, 3.05) is 31.2 Å². The van der Waals surface area contributed by atoms with Gasteiger partial charge in [-0.05, 0) is 47.5 Å². The Morgan fingerprint density at radius 1 is 1.00 bits per heavy atom. The summed E-state index contributed by atoms with van der Waals surface area (Å²) in [6.45, 7) is 20.0. The van der Waals surface area contributed by atoms with E-state index in [2.05, 4.69) is 38.3 Å². The molecule has 36 heavy (non-hydrogen) atoms. The summed E-state index contributed by atoms with van der Waals surface area (Å²) in [7, 11) is 0. The fraction of sp³-hybridized carbons (Fsp3) is 0.615. The molecule has 0 atom stereocenters. The van der Waals surface area contributed by atoms with Crippen molar-refractivity contribution in [1.29, 1.82) is 0 Å². The molecule has 0 bridgehead atoms. The van der Waals surface area contributed by atoms with E-state index in [0.29, 0.717) is 30.5 Å². The van der Waals surface area contributed by atoms with Gasteiger partial charge < -0.3 is 19.1 Å². The fourth-order valence-corrected chi connectivity index (χ4v) is 4.85. The standard InChI is InChI=1S/C26H38N8O2/c1-17(2)15-33-16-29-19-22(32-9-11-36-12-10-32)30-20(31-23(19)33)18-13-27-21(28-14-18)24(35)34(25(3,4)5)26(6,7)8/h13-14,16-17H,9-12,15H2,1-8H3. The lowest BCUT2D eigenvalue weighted by Crippen LogP contribution is -2.56. The Bertz CT molecular complexity index is 1200. The molecule has 3 aromatic rings. The minimum absolute atomic E-state index is 0.155. The van der Waals surface area contributed by atoms with E-state index in [1.165, 1.54) is 0 Å². The van der Waals surface area contributed by atoms with Gasteiger partial charge >= 0.3 is 0 Å². The van der Waals surface area contributed by atoms with Crippen LogP contribution in [0.3, 0.4) is 0 Å². The van der Waals surface area contributed by atoms with Crippen molar-refractivity contribution < 1.29 is 9.53 Å². The number of carbonyl (C=O) groups excluding carboxylic acids is 1. The molecule has 0 unspecified atom stereocenters. The number of amides is 1. The van der Waals surface area contributed by atoms with Crippen LogP contribution in [0.1, 0.15) is 66.0 Å². The number of imidazole rings is 1. The van der Waals surface area contributed by atoms with Crippen LogP contribution in [0.5, 0.6) is 0 Å². The fourth-order valence-electron chi connectivity index (χ4n) is 4.85. The molecule has 1 aliphatic heterocycles. The predicted octanol–water partition coefficient (Wildman–Crippen LogP) is 3.82. The third-order valence-electron chi connectivity index (χ3n) is 5.96. The number of anilines is 1. The Morgan fingerprint density at radius 3 is 2.17 bits per heavy atom. The first-order valence-corrected chi connectivity index (χ1v) is 12.6. The van der Waals surface area contributed by atoms with E-state index in [-0.39, 0.29) is 22.8 Å². The molecule has 1 aliphatic rings. The second-order valence-corrected chi connectivity index (χ2v) is 11.7. The summed E-state index contributed by atoms with van der Waals surface area (Å²) in [5.41, 5.74) is 1.45. The van der Waals surface area contributed by atoms with Crippen molar-refractivity contribution in [3.05, 3.63) is 24.5 Å². The summed E-state index contributed by atoms with van der Waals surface area (Å²) in [5.74, 6) is 1.68. The highest BCUT2D eigenvalue weighted by Crippen LogP contribution is 2.29. The molecule has 4 rings (SSSR count). The zero-order chi connectivity index (χ0) is 26.3. The van der Waals surface area contributed by atoms with Crippen molar-refractivity contribution in [1.82, 2.24) is 34.4 Å². The smallest absolute Gasteiger partial charge is 0.292 e. The molecule has 0 N–H and O–H groups in total. The molecule has 10 nitrogen and oxygen atoms in total. The van der Waals surface area contributed by atoms with Gasteiger partial charge in [0.1, 0.15) is 0 Å². The number of hydrogen-bond donors (Lipinski definition) is 0. The van der Waals surface area contributed by atoms with E-state index in [1.54, 1.807) is 12.4 Å². The molecule has 0 spiro atoms. The molecule has 0 aliphatic carbocycles. The van der Waals surface area contributed by atoms with Gasteiger partial charge in [-0.3, -0.25) is 4.79 Å². The quantitative estimate of drug-likeness (QED) is 0.528. The predicted molar refractivity (Wildman–Crippen MR) is 140 cm³/mol. The summed E-state index contributed by atoms with van der Waals surface area (Å²) >= 11 is 0. The van der Waals surface area contributed by atoms with Gasteiger partial charge in [-0.2, -0.15) is 0 Å². The highest BCUT2D eigenvalue weighted by molar-refractivity contribution is 5.92. The van der Waals surface area contributed by atoms with Crippen molar-refractivity contribution >= 4 is 22.9 Å². The molecule has 1 amide bonds. The molecular weight excluding hydrogens is 456 g/mol. The SMILES string of the molecule is CC(C)Cn1cnc2c(N3CCOCC3)nc(-c3cnc(C(=O)N(C(C)(C)C)C(C)(C)C)nc3)nc21. The average molecular weight is 495 g/mol. The molecule has 0 radical (unpaired) electrons. The Kier molecular flexibility index (Phi) is 7.01. The van der Waals surface area contributed by atoms with Crippen LogP contribution in [0.2, 0.25) is 0 Å². The van der Waals surface area contributed by atoms with Crippen LogP contribution in [0, 0.1) is 5.92 Å². The highest BCUT2D eigenvalue weighted by atomic mass is 16.5. The molecule has 0 saturated carbocycles. The van der Waals surface area contributed by atoms with Crippen molar-refractivity contribution in [2.45, 2.75) is 73.0 Å². The normalized spacial score (nSPS) is 15.1. The number of fused-ring (bicyclic) bond motifs is 1. The molecule has 4 heterocycles. The van der Waals surface area contributed by atoms with Crippen molar-refractivity contribution in [3.8, 4) is 11.4 Å². The largest absolute Gasteiger partial charge is 0.378 e. The lowest BCUT2D eigenvalue weighted by atomic mass is 9.95. The average Bonchev–Trinajstić information content (AvgIpc) is 3.19. The van der Waals surface area contributed by atoms with Gasteiger partial charge in [0.15, 0.2) is 22.8 Å². The third kappa shape index (κ3) is 5.33. The third-order valence-corrected chi connectivity index (χ3v) is 5.96. The van der Waals surface area contributed by atoms with E-state index < -0.39 is 0 Å². The summed E-state index contributed by atoms with van der Waals surface area (Å²) in [6.07, 6.45) is 5.10. The van der Waals surface area contributed by atoms with E-state index in [9.17, 15) is 4.79 Å². The lowest BCUT2D eigenvalue weighted by molar-refractivity contribution is 0.0258. The van der Waals surface area contributed by atoms with Gasteiger partial charge in [-0.15, -0.1) is 0 Å². The van der Waals surface area contributed by atoms with Crippen molar-refractivity contribution in [3.63, 3.8) is 0 Å². The van der Waals surface area contributed by atoms with Crippen LogP contribution in [0.15, 0.2) is 18.7 Å². The van der Waals surface area contributed by atoms with Gasteiger partial charge in [0.05, 0.1) is 25.1 Å². The molecule has 3 aromatic heterocycles. The number of rotatable bonds is 5. The molecular formula is C26H38N8O2. The topological polar surface area (TPSA) is 102 Å². The number of ether oxygens (including phenoxy) is 1. The Labute approximate surface area is 213 Å². The number of nitrogens with zero attached hydrogens (tertiary/aromatic N) is 8. The Morgan fingerprint density at radius 2 is 1.61 bits per heavy atom. The van der Waals surface area contributed by atoms with E-state index in [4.69, 9.17) is 14.7 Å². The number of aromatic nitrogens is 6. The van der Waals surface area contributed by atoms with Crippen LogP contribution in [0.4, 0.5) is 5.82 Å². The second kappa shape index (κ2) is 9.72. The maximum Gasteiger partial charge on any atom is 0.292 e. The lowest BCUT2D eigenvalue weighted by Gasteiger charge is -2.45. The monoisotopic (exact) mass is 494 g/mol. The van der Waals surface area contributed by atoms with E-state index in [1.807, 2.05) is 52.8 Å². The van der Waals surface area contributed by atoms with Gasteiger partial charge in [0, 0.05) is 43.1 Å². The summed E-state index contributed by atoms with van der Waals surface area (Å²) in [4.78, 5) is 40.7. The summed E-state index contributed by atoms with van der Waals surface area (Å²) in [6, 6.07) is 0. The maximum atomic E-state index is 13.4. The van der Waals surface area contributed by atoms with Gasteiger partial charge in [-0.25, -0.2) is 24.9 Å². The molecule has 0 aromatic carbocycles. The van der Waals surface area contributed by atoms with Crippen LogP contribution in [-0.4, -0.2) is 77.7 Å².